The molecular formula is C21H24N2O4. The number of hydrogen-bond acceptors (Lipinski definition) is 4. The van der Waals surface area contributed by atoms with E-state index in [1.807, 2.05) is 37.3 Å². The van der Waals surface area contributed by atoms with Gasteiger partial charge < -0.3 is 14.7 Å². The van der Waals surface area contributed by atoms with Crippen molar-refractivity contribution in [1.29, 1.82) is 0 Å². The Hall–Kier alpha value is -2.89. The molecule has 1 aromatic carbocycles. The quantitative estimate of drug-likeness (QED) is 0.773. The zero-order valence-corrected chi connectivity index (χ0v) is 15.6. The molecule has 27 heavy (non-hydrogen) atoms. The summed E-state index contributed by atoms with van der Waals surface area (Å²) in [6.07, 6.45) is 3.54. The number of hydrogen-bond donors (Lipinski definition) is 1. The summed E-state index contributed by atoms with van der Waals surface area (Å²) in [7, 11) is 0. The van der Waals surface area contributed by atoms with Gasteiger partial charge in [-0.1, -0.05) is 19.1 Å². The monoisotopic (exact) mass is 368 g/mol. The number of carbonyl (C=O) groups excluding carboxylic acids is 1. The molecule has 3 rings (SSSR count). The first-order valence-corrected chi connectivity index (χ1v) is 9.12. The Labute approximate surface area is 158 Å². The summed E-state index contributed by atoms with van der Waals surface area (Å²) in [5.41, 5.74) is 2.36. The van der Waals surface area contributed by atoms with E-state index in [2.05, 4.69) is 4.98 Å². The second-order valence-electron chi connectivity index (χ2n) is 7.05. The highest BCUT2D eigenvalue weighted by Crippen LogP contribution is 2.29. The van der Waals surface area contributed by atoms with Crippen molar-refractivity contribution in [2.24, 2.45) is 5.92 Å². The molecule has 0 radical (unpaired) electrons. The van der Waals surface area contributed by atoms with Crippen molar-refractivity contribution in [1.82, 2.24) is 9.88 Å². The zero-order valence-electron chi connectivity index (χ0n) is 15.6. The average Bonchev–Trinajstić information content (AvgIpc) is 3.50. The third-order valence-corrected chi connectivity index (χ3v) is 4.60. The molecule has 1 aromatic heterocycles. The van der Waals surface area contributed by atoms with Gasteiger partial charge in [0.05, 0.1) is 12.1 Å². The van der Waals surface area contributed by atoms with Crippen LogP contribution in [0.4, 0.5) is 0 Å². The Morgan fingerprint density at radius 3 is 2.70 bits per heavy atom. The fourth-order valence-electron chi connectivity index (χ4n) is 2.82. The van der Waals surface area contributed by atoms with E-state index in [1.165, 1.54) is 0 Å². The normalized spacial score (nSPS) is 14.4. The molecule has 0 saturated heterocycles. The molecule has 0 aliphatic heterocycles. The van der Waals surface area contributed by atoms with Gasteiger partial charge in [-0.15, -0.1) is 0 Å². The molecule has 1 aliphatic carbocycles. The van der Waals surface area contributed by atoms with Crippen LogP contribution in [0.5, 0.6) is 5.75 Å². The lowest BCUT2D eigenvalue weighted by Crippen LogP contribution is -2.38. The molecule has 1 N–H and O–H groups in total. The van der Waals surface area contributed by atoms with Gasteiger partial charge in [-0.25, -0.2) is 0 Å². The number of aryl methyl sites for hydroxylation is 1. The number of carbonyl (C=O) groups is 2. The minimum Gasteiger partial charge on any atom is -0.487 e. The summed E-state index contributed by atoms with van der Waals surface area (Å²) < 4.78 is 5.73. The van der Waals surface area contributed by atoms with Crippen molar-refractivity contribution in [3.05, 3.63) is 59.4 Å². The fraction of sp³-hybridized carbons (Fsp3) is 0.381. The lowest BCUT2D eigenvalue weighted by Gasteiger charge is -2.24. The minimum atomic E-state index is -0.887. The molecule has 1 atom stereocenters. The fourth-order valence-corrected chi connectivity index (χ4v) is 2.82. The van der Waals surface area contributed by atoms with Crippen LogP contribution in [0.3, 0.4) is 0 Å². The molecule has 1 aliphatic rings. The van der Waals surface area contributed by atoms with Gasteiger partial charge in [-0.05, 0) is 49.6 Å². The number of ether oxygens (including phenoxy) is 1. The number of amides is 1. The molecular weight excluding hydrogens is 344 g/mol. The number of aliphatic carboxylic acids is 1. The molecule has 142 valence electrons. The maximum absolute atomic E-state index is 12.9. The van der Waals surface area contributed by atoms with Crippen LogP contribution in [0, 0.1) is 12.8 Å². The summed E-state index contributed by atoms with van der Waals surface area (Å²) in [6, 6.07) is 11.2. The van der Waals surface area contributed by atoms with E-state index in [0.29, 0.717) is 17.9 Å². The Balaban J connectivity index is 1.68. The molecule has 1 unspecified atom stereocenters. The van der Waals surface area contributed by atoms with E-state index in [9.17, 15) is 9.59 Å². The van der Waals surface area contributed by atoms with E-state index >= 15 is 0 Å². The Kier molecular flexibility index (Phi) is 5.74. The van der Waals surface area contributed by atoms with E-state index < -0.39 is 11.9 Å². The van der Waals surface area contributed by atoms with Gasteiger partial charge >= 0.3 is 5.97 Å². The van der Waals surface area contributed by atoms with E-state index in [1.54, 1.807) is 24.1 Å². The van der Waals surface area contributed by atoms with Crippen LogP contribution in [0.15, 0.2) is 42.6 Å². The predicted octanol–water partition coefficient (Wildman–Crippen LogP) is 3.29. The molecule has 6 heteroatoms. The third kappa shape index (κ3) is 5.06. The molecule has 1 amide bonds. The number of aromatic nitrogens is 1. The van der Waals surface area contributed by atoms with Gasteiger partial charge in [-0.3, -0.25) is 14.6 Å². The van der Waals surface area contributed by atoms with Crippen molar-refractivity contribution in [2.45, 2.75) is 39.3 Å². The molecule has 0 bridgehead atoms. The van der Waals surface area contributed by atoms with Crippen molar-refractivity contribution in [3.63, 3.8) is 0 Å². The standard InChI is InChI=1S/C21H24N2O4/c1-14(21(25)26)12-23(18-7-8-18)20(24)17-5-3-4-16(10-17)13-27-19-9-6-15(2)22-11-19/h3-6,9-11,14,18H,7-8,12-13H2,1-2H3,(H,25,26). The zero-order chi connectivity index (χ0) is 19.4. The predicted molar refractivity (Wildman–Crippen MR) is 101 cm³/mol. The summed E-state index contributed by atoms with van der Waals surface area (Å²) in [5, 5.41) is 9.17. The largest absolute Gasteiger partial charge is 0.487 e. The number of benzene rings is 1. The van der Waals surface area contributed by atoms with Crippen LogP contribution >= 0.6 is 0 Å². The first-order chi connectivity index (χ1) is 12.9. The number of carboxylic acids is 1. The van der Waals surface area contributed by atoms with Gasteiger partial charge in [0.2, 0.25) is 0 Å². The van der Waals surface area contributed by atoms with Gasteiger partial charge in [0.1, 0.15) is 12.4 Å². The summed E-state index contributed by atoms with van der Waals surface area (Å²) in [4.78, 5) is 30.0. The maximum Gasteiger partial charge on any atom is 0.308 e. The molecule has 0 spiro atoms. The van der Waals surface area contributed by atoms with Crippen molar-refractivity contribution < 1.29 is 19.4 Å². The van der Waals surface area contributed by atoms with Crippen molar-refractivity contribution >= 4 is 11.9 Å². The van der Waals surface area contributed by atoms with E-state index in [0.717, 1.165) is 24.1 Å². The third-order valence-electron chi connectivity index (χ3n) is 4.60. The topological polar surface area (TPSA) is 79.7 Å². The van der Waals surface area contributed by atoms with Crippen LogP contribution in [-0.2, 0) is 11.4 Å². The van der Waals surface area contributed by atoms with Gasteiger partial charge in [0, 0.05) is 23.8 Å². The highest BCUT2D eigenvalue weighted by atomic mass is 16.5. The first kappa shape index (κ1) is 18.9. The molecule has 1 fully saturated rings. The molecule has 1 heterocycles. The summed E-state index contributed by atoms with van der Waals surface area (Å²) in [5.74, 6) is -0.922. The van der Waals surface area contributed by atoms with Gasteiger partial charge in [-0.2, -0.15) is 0 Å². The number of rotatable bonds is 8. The molecule has 6 nitrogen and oxygen atoms in total. The molecule has 2 aromatic rings. The molecule has 1 saturated carbocycles. The summed E-state index contributed by atoms with van der Waals surface area (Å²) >= 11 is 0. The lowest BCUT2D eigenvalue weighted by atomic mass is 10.1. The van der Waals surface area contributed by atoms with E-state index in [4.69, 9.17) is 9.84 Å². The highest BCUT2D eigenvalue weighted by Gasteiger charge is 2.34. The van der Waals surface area contributed by atoms with Crippen LogP contribution in [0.1, 0.15) is 41.4 Å². The SMILES string of the molecule is Cc1ccc(OCc2cccc(C(=O)N(CC(C)C(=O)O)C3CC3)c2)cn1. The first-order valence-electron chi connectivity index (χ1n) is 9.12. The maximum atomic E-state index is 12.9. The Bertz CT molecular complexity index is 815. The van der Waals surface area contributed by atoms with Crippen LogP contribution in [-0.4, -0.2) is 39.5 Å². The van der Waals surface area contributed by atoms with Crippen LogP contribution in [0.25, 0.3) is 0 Å². The second-order valence-corrected chi connectivity index (χ2v) is 7.05. The lowest BCUT2D eigenvalue weighted by molar-refractivity contribution is -0.141. The minimum absolute atomic E-state index is 0.121. The van der Waals surface area contributed by atoms with Crippen molar-refractivity contribution in [2.75, 3.05) is 6.54 Å². The number of nitrogens with zero attached hydrogens (tertiary/aromatic N) is 2. The highest BCUT2D eigenvalue weighted by molar-refractivity contribution is 5.95. The Morgan fingerprint density at radius 2 is 2.07 bits per heavy atom. The average molecular weight is 368 g/mol. The smallest absolute Gasteiger partial charge is 0.308 e. The van der Waals surface area contributed by atoms with Crippen LogP contribution < -0.4 is 4.74 Å². The van der Waals surface area contributed by atoms with Gasteiger partial charge in [0.25, 0.3) is 5.91 Å². The number of pyridine rings is 1. The second kappa shape index (κ2) is 8.20. The van der Waals surface area contributed by atoms with Gasteiger partial charge in [0.15, 0.2) is 0 Å². The van der Waals surface area contributed by atoms with Crippen molar-refractivity contribution in [3.8, 4) is 5.75 Å². The Morgan fingerprint density at radius 1 is 1.30 bits per heavy atom. The number of carboxylic acid groups (broad SMARTS) is 1. The van der Waals surface area contributed by atoms with Crippen LogP contribution in [0.2, 0.25) is 0 Å². The van der Waals surface area contributed by atoms with E-state index in [-0.39, 0.29) is 18.5 Å². The summed E-state index contributed by atoms with van der Waals surface area (Å²) in [6.45, 7) is 4.11.